The number of hydrogen-bond acceptors (Lipinski definition) is 3. The van der Waals surface area contributed by atoms with Crippen LogP contribution in [0.3, 0.4) is 0 Å². The SMILES string of the molecule is O=C(c1cc2c(cc1Cl)OCCO2)c1cccc(Br)c1Cl. The maximum atomic E-state index is 12.6. The van der Waals surface area contributed by atoms with Crippen LogP contribution in [0, 0.1) is 0 Å². The van der Waals surface area contributed by atoms with Crippen molar-refractivity contribution in [3.05, 3.63) is 56.0 Å². The minimum absolute atomic E-state index is 0.261. The molecule has 0 aromatic heterocycles. The largest absolute Gasteiger partial charge is 0.486 e. The van der Waals surface area contributed by atoms with E-state index < -0.39 is 0 Å². The molecule has 0 fully saturated rings. The van der Waals surface area contributed by atoms with Crippen molar-refractivity contribution in [1.29, 1.82) is 0 Å². The third kappa shape index (κ3) is 2.76. The third-order valence-corrected chi connectivity index (χ3v) is 4.68. The molecule has 3 rings (SSSR count). The van der Waals surface area contributed by atoms with Crippen LogP contribution >= 0.6 is 39.1 Å². The Kier molecular flexibility index (Phi) is 4.11. The fourth-order valence-corrected chi connectivity index (χ4v) is 2.88. The minimum Gasteiger partial charge on any atom is -0.486 e. The van der Waals surface area contributed by atoms with Gasteiger partial charge in [0.15, 0.2) is 17.3 Å². The lowest BCUT2D eigenvalue weighted by atomic mass is 10.0. The van der Waals surface area contributed by atoms with E-state index in [2.05, 4.69) is 15.9 Å². The van der Waals surface area contributed by atoms with Crippen LogP contribution in [0.25, 0.3) is 0 Å². The molecule has 0 amide bonds. The first-order chi connectivity index (χ1) is 10.1. The van der Waals surface area contributed by atoms with Crippen LogP contribution in [-0.2, 0) is 0 Å². The molecule has 0 aliphatic carbocycles. The molecule has 108 valence electrons. The van der Waals surface area contributed by atoms with Gasteiger partial charge in [-0.05, 0) is 34.1 Å². The van der Waals surface area contributed by atoms with E-state index in [9.17, 15) is 4.79 Å². The number of fused-ring (bicyclic) bond motifs is 1. The molecule has 0 saturated heterocycles. The number of carbonyl (C=O) groups excluding carboxylic acids is 1. The van der Waals surface area contributed by atoms with Gasteiger partial charge >= 0.3 is 0 Å². The van der Waals surface area contributed by atoms with Crippen molar-refractivity contribution in [1.82, 2.24) is 0 Å². The second kappa shape index (κ2) is 5.87. The van der Waals surface area contributed by atoms with E-state index >= 15 is 0 Å². The highest BCUT2D eigenvalue weighted by Gasteiger charge is 2.21. The summed E-state index contributed by atoms with van der Waals surface area (Å²) in [6.07, 6.45) is 0. The monoisotopic (exact) mass is 386 g/mol. The molecule has 0 atom stereocenters. The molecule has 0 N–H and O–H groups in total. The number of halogens is 3. The summed E-state index contributed by atoms with van der Waals surface area (Å²) in [5.74, 6) is 0.798. The van der Waals surface area contributed by atoms with Crippen LogP contribution in [0.1, 0.15) is 15.9 Å². The van der Waals surface area contributed by atoms with Crippen molar-refractivity contribution < 1.29 is 14.3 Å². The van der Waals surface area contributed by atoms with Crippen molar-refractivity contribution in [2.45, 2.75) is 0 Å². The lowest BCUT2D eigenvalue weighted by Gasteiger charge is -2.19. The van der Waals surface area contributed by atoms with E-state index in [4.69, 9.17) is 32.7 Å². The Morgan fingerprint density at radius 3 is 2.43 bits per heavy atom. The summed E-state index contributed by atoms with van der Waals surface area (Å²) in [5.41, 5.74) is 0.713. The molecule has 21 heavy (non-hydrogen) atoms. The molecule has 1 heterocycles. The Balaban J connectivity index is 2.07. The van der Waals surface area contributed by atoms with Crippen molar-refractivity contribution >= 4 is 44.9 Å². The summed E-state index contributed by atoms with van der Waals surface area (Å²) in [5, 5.41) is 0.661. The molecular formula is C15H9BrCl2O3. The van der Waals surface area contributed by atoms with Gasteiger partial charge in [-0.25, -0.2) is 0 Å². The van der Waals surface area contributed by atoms with Gasteiger partial charge in [0.2, 0.25) is 0 Å². The van der Waals surface area contributed by atoms with Gasteiger partial charge in [0.25, 0.3) is 0 Å². The average Bonchev–Trinajstić information content (AvgIpc) is 2.48. The highest BCUT2D eigenvalue weighted by Crippen LogP contribution is 2.37. The summed E-state index contributed by atoms with van der Waals surface area (Å²) in [6.45, 7) is 0.911. The average molecular weight is 388 g/mol. The van der Waals surface area contributed by atoms with E-state index in [0.717, 1.165) is 0 Å². The van der Waals surface area contributed by atoms with Gasteiger partial charge < -0.3 is 9.47 Å². The quantitative estimate of drug-likeness (QED) is 0.697. The Hall–Kier alpha value is -1.23. The topological polar surface area (TPSA) is 35.5 Å². The van der Waals surface area contributed by atoms with E-state index in [1.165, 1.54) is 0 Å². The maximum absolute atomic E-state index is 12.6. The minimum atomic E-state index is -0.261. The normalized spacial score (nSPS) is 13.1. The number of ketones is 1. The molecule has 3 nitrogen and oxygen atoms in total. The highest BCUT2D eigenvalue weighted by molar-refractivity contribution is 9.10. The van der Waals surface area contributed by atoms with Gasteiger partial charge in [0.1, 0.15) is 13.2 Å². The standard InChI is InChI=1S/C15H9BrCl2O3/c16-10-3-1-2-8(14(10)18)15(19)9-6-12-13(7-11(9)17)21-5-4-20-12/h1-3,6-7H,4-5H2. The summed E-state index contributed by atoms with van der Waals surface area (Å²) >= 11 is 15.7. The smallest absolute Gasteiger partial charge is 0.196 e. The molecule has 6 heteroatoms. The van der Waals surface area contributed by atoms with Gasteiger partial charge in [-0.2, -0.15) is 0 Å². The fourth-order valence-electron chi connectivity index (χ4n) is 2.06. The van der Waals surface area contributed by atoms with E-state index in [-0.39, 0.29) is 5.78 Å². The van der Waals surface area contributed by atoms with E-state index in [1.54, 1.807) is 30.3 Å². The highest BCUT2D eigenvalue weighted by atomic mass is 79.9. The predicted octanol–water partition coefficient (Wildman–Crippen LogP) is 4.76. The van der Waals surface area contributed by atoms with E-state index in [0.29, 0.717) is 50.4 Å². The molecule has 2 aromatic carbocycles. The van der Waals surface area contributed by atoms with Crippen LogP contribution in [0.5, 0.6) is 11.5 Å². The maximum Gasteiger partial charge on any atom is 0.196 e. The first kappa shape index (κ1) is 14.7. The second-order valence-corrected chi connectivity index (χ2v) is 6.05. The number of benzene rings is 2. The molecule has 1 aliphatic heterocycles. The van der Waals surface area contributed by atoms with Crippen LogP contribution in [0.2, 0.25) is 10.0 Å². The zero-order valence-electron chi connectivity index (χ0n) is 10.7. The zero-order valence-corrected chi connectivity index (χ0v) is 13.8. The summed E-state index contributed by atoms with van der Waals surface area (Å²) in [6, 6.07) is 8.35. The van der Waals surface area contributed by atoms with E-state index in [1.807, 2.05) is 0 Å². The Labute approximate surface area is 139 Å². The number of hydrogen-bond donors (Lipinski definition) is 0. The molecule has 2 aromatic rings. The Morgan fingerprint density at radius 1 is 1.05 bits per heavy atom. The molecule has 0 unspecified atom stereocenters. The van der Waals surface area contributed by atoms with Crippen LogP contribution in [0.4, 0.5) is 0 Å². The molecule has 0 saturated carbocycles. The van der Waals surface area contributed by atoms with Gasteiger partial charge in [0, 0.05) is 21.7 Å². The summed E-state index contributed by atoms with van der Waals surface area (Å²) in [7, 11) is 0. The van der Waals surface area contributed by atoms with Crippen molar-refractivity contribution in [2.24, 2.45) is 0 Å². The number of rotatable bonds is 2. The molecule has 1 aliphatic rings. The van der Waals surface area contributed by atoms with Crippen molar-refractivity contribution in [3.8, 4) is 11.5 Å². The Morgan fingerprint density at radius 2 is 1.71 bits per heavy atom. The van der Waals surface area contributed by atoms with Crippen molar-refractivity contribution in [2.75, 3.05) is 13.2 Å². The lowest BCUT2D eigenvalue weighted by Crippen LogP contribution is -2.16. The third-order valence-electron chi connectivity index (χ3n) is 3.07. The molecule has 0 radical (unpaired) electrons. The number of ether oxygens (including phenoxy) is 2. The number of carbonyl (C=O) groups is 1. The zero-order chi connectivity index (χ0) is 15.0. The predicted molar refractivity (Wildman–Crippen MR) is 85.0 cm³/mol. The van der Waals surface area contributed by atoms with Gasteiger partial charge in [0.05, 0.1) is 10.0 Å². The van der Waals surface area contributed by atoms with Crippen LogP contribution in [0.15, 0.2) is 34.8 Å². The van der Waals surface area contributed by atoms with Crippen LogP contribution in [-0.4, -0.2) is 19.0 Å². The molecule has 0 spiro atoms. The van der Waals surface area contributed by atoms with Gasteiger partial charge in [-0.3, -0.25) is 4.79 Å². The van der Waals surface area contributed by atoms with Gasteiger partial charge in [-0.15, -0.1) is 0 Å². The second-order valence-electron chi connectivity index (χ2n) is 4.41. The first-order valence-electron chi connectivity index (χ1n) is 6.16. The first-order valence-corrected chi connectivity index (χ1v) is 7.70. The summed E-state index contributed by atoms with van der Waals surface area (Å²) < 4.78 is 11.6. The molecular weight excluding hydrogens is 379 g/mol. The van der Waals surface area contributed by atoms with Crippen LogP contribution < -0.4 is 9.47 Å². The fraction of sp³-hybridized carbons (Fsp3) is 0.133. The Bertz CT molecular complexity index is 731. The van der Waals surface area contributed by atoms with Gasteiger partial charge in [-0.1, -0.05) is 29.3 Å². The summed E-state index contributed by atoms with van der Waals surface area (Å²) in [4.78, 5) is 12.6. The van der Waals surface area contributed by atoms with Crippen molar-refractivity contribution in [3.63, 3.8) is 0 Å². The lowest BCUT2D eigenvalue weighted by molar-refractivity contribution is 0.103. The molecule has 0 bridgehead atoms.